The summed E-state index contributed by atoms with van der Waals surface area (Å²) in [6.45, 7) is 2.60. The third kappa shape index (κ3) is 1.56. The van der Waals surface area contributed by atoms with Crippen molar-refractivity contribution < 1.29 is 9.84 Å². The number of ether oxygens (including phenoxy) is 1. The van der Waals surface area contributed by atoms with Gasteiger partial charge in [0.05, 0.1) is 16.7 Å². The average molecular weight is 320 g/mol. The van der Waals surface area contributed by atoms with Gasteiger partial charge in [-0.05, 0) is 41.6 Å². The number of hydrogen-bond acceptors (Lipinski definition) is 3. The fourth-order valence-electron chi connectivity index (χ4n) is 1.34. The van der Waals surface area contributed by atoms with Crippen molar-refractivity contribution in [3.63, 3.8) is 0 Å². The lowest BCUT2D eigenvalue weighted by atomic mass is 10.2. The Labute approximate surface area is 99.7 Å². The predicted molar refractivity (Wildman–Crippen MR) is 67.4 cm³/mol. The molecule has 0 saturated carbocycles. The standard InChI is InChI=1S/C10H9IO2S/c1-2-13-8-4-3-6(11)9-7(12)5-14-10(8)9/h3-5,12H,2H2,1H3. The van der Waals surface area contributed by atoms with Gasteiger partial charge in [0.15, 0.2) is 0 Å². The van der Waals surface area contributed by atoms with Crippen LogP contribution in [0.4, 0.5) is 0 Å². The zero-order chi connectivity index (χ0) is 10.1. The monoisotopic (exact) mass is 320 g/mol. The normalized spacial score (nSPS) is 10.7. The minimum absolute atomic E-state index is 0.343. The molecule has 1 N–H and O–H groups in total. The number of benzene rings is 1. The molecule has 0 bridgehead atoms. The van der Waals surface area contributed by atoms with Crippen molar-refractivity contribution in [2.45, 2.75) is 6.92 Å². The van der Waals surface area contributed by atoms with E-state index >= 15 is 0 Å². The van der Waals surface area contributed by atoms with Gasteiger partial charge in [-0.1, -0.05) is 0 Å². The Morgan fingerprint density at radius 2 is 2.29 bits per heavy atom. The molecule has 2 aromatic rings. The van der Waals surface area contributed by atoms with Gasteiger partial charge in [0.25, 0.3) is 0 Å². The lowest BCUT2D eigenvalue weighted by Crippen LogP contribution is -1.91. The Morgan fingerprint density at radius 1 is 1.50 bits per heavy atom. The van der Waals surface area contributed by atoms with Crippen LogP contribution in [-0.2, 0) is 0 Å². The highest BCUT2D eigenvalue weighted by atomic mass is 127. The molecule has 0 saturated heterocycles. The van der Waals surface area contributed by atoms with Gasteiger partial charge in [0.1, 0.15) is 11.5 Å². The van der Waals surface area contributed by atoms with Crippen LogP contribution in [0.1, 0.15) is 6.92 Å². The van der Waals surface area contributed by atoms with E-state index in [0.717, 1.165) is 19.4 Å². The topological polar surface area (TPSA) is 29.5 Å². The summed E-state index contributed by atoms with van der Waals surface area (Å²) in [5, 5.41) is 12.3. The minimum atomic E-state index is 0.343. The molecule has 1 aromatic heterocycles. The number of thiophene rings is 1. The molecule has 0 aliphatic carbocycles. The molecular formula is C10H9IO2S. The summed E-state index contributed by atoms with van der Waals surface area (Å²) < 4.78 is 7.56. The quantitative estimate of drug-likeness (QED) is 0.857. The number of hydrogen-bond donors (Lipinski definition) is 1. The van der Waals surface area contributed by atoms with Crippen LogP contribution < -0.4 is 4.74 Å². The molecule has 4 heteroatoms. The summed E-state index contributed by atoms with van der Waals surface area (Å²) in [4.78, 5) is 0. The SMILES string of the molecule is CCOc1ccc(I)c2c(O)csc12. The van der Waals surface area contributed by atoms with Crippen molar-refractivity contribution in [3.05, 3.63) is 21.1 Å². The maximum atomic E-state index is 9.63. The second-order valence-electron chi connectivity index (χ2n) is 2.80. The average Bonchev–Trinajstić information content (AvgIpc) is 2.54. The Kier molecular flexibility index (Phi) is 2.83. The molecule has 0 unspecified atom stereocenters. The van der Waals surface area contributed by atoms with E-state index in [1.54, 1.807) is 5.38 Å². The summed E-state index contributed by atoms with van der Waals surface area (Å²) in [6.07, 6.45) is 0. The van der Waals surface area contributed by atoms with Gasteiger partial charge in [-0.15, -0.1) is 11.3 Å². The molecule has 1 aromatic carbocycles. The van der Waals surface area contributed by atoms with Gasteiger partial charge < -0.3 is 9.84 Å². The number of halogens is 1. The van der Waals surface area contributed by atoms with Crippen molar-refractivity contribution in [2.75, 3.05) is 6.61 Å². The van der Waals surface area contributed by atoms with E-state index < -0.39 is 0 Å². The first-order valence-corrected chi connectivity index (χ1v) is 6.21. The second kappa shape index (κ2) is 3.94. The zero-order valence-corrected chi connectivity index (χ0v) is 10.6. The number of fused-ring (bicyclic) bond motifs is 1. The molecule has 0 radical (unpaired) electrons. The summed E-state index contributed by atoms with van der Waals surface area (Å²) in [5.41, 5.74) is 0. The highest BCUT2D eigenvalue weighted by molar-refractivity contribution is 14.1. The molecule has 0 atom stereocenters. The molecule has 1 heterocycles. The first-order valence-electron chi connectivity index (χ1n) is 4.25. The first kappa shape index (κ1) is 10.0. The lowest BCUT2D eigenvalue weighted by molar-refractivity contribution is 0.345. The predicted octanol–water partition coefficient (Wildman–Crippen LogP) is 3.61. The maximum absolute atomic E-state index is 9.63. The van der Waals surface area contributed by atoms with E-state index in [1.165, 1.54) is 11.3 Å². The largest absolute Gasteiger partial charge is 0.506 e. The van der Waals surface area contributed by atoms with Crippen molar-refractivity contribution in [3.8, 4) is 11.5 Å². The van der Waals surface area contributed by atoms with Crippen molar-refractivity contribution in [2.24, 2.45) is 0 Å². The van der Waals surface area contributed by atoms with Crippen LogP contribution in [0, 0.1) is 3.57 Å². The van der Waals surface area contributed by atoms with Gasteiger partial charge in [0, 0.05) is 8.95 Å². The van der Waals surface area contributed by atoms with Gasteiger partial charge >= 0.3 is 0 Å². The van der Waals surface area contributed by atoms with Crippen LogP contribution in [0.25, 0.3) is 10.1 Å². The van der Waals surface area contributed by atoms with E-state index in [2.05, 4.69) is 22.6 Å². The molecule has 0 aliphatic heterocycles. The molecule has 0 fully saturated rings. The molecule has 2 nitrogen and oxygen atoms in total. The second-order valence-corrected chi connectivity index (χ2v) is 4.85. The summed E-state index contributed by atoms with van der Waals surface area (Å²) in [6, 6.07) is 3.91. The van der Waals surface area contributed by atoms with Gasteiger partial charge in [-0.3, -0.25) is 0 Å². The van der Waals surface area contributed by atoms with E-state index in [9.17, 15) is 5.11 Å². The molecule has 0 spiro atoms. The van der Waals surface area contributed by atoms with Crippen LogP contribution in [0.3, 0.4) is 0 Å². The summed E-state index contributed by atoms with van der Waals surface area (Å²) in [5.74, 6) is 1.20. The van der Waals surface area contributed by atoms with E-state index in [1.807, 2.05) is 19.1 Å². The van der Waals surface area contributed by atoms with Crippen molar-refractivity contribution in [1.29, 1.82) is 0 Å². The van der Waals surface area contributed by atoms with Crippen molar-refractivity contribution >= 4 is 44.0 Å². The Morgan fingerprint density at radius 3 is 3.00 bits per heavy atom. The number of rotatable bonds is 2. The van der Waals surface area contributed by atoms with Crippen LogP contribution in [0.15, 0.2) is 17.5 Å². The first-order chi connectivity index (χ1) is 6.74. The molecular weight excluding hydrogens is 311 g/mol. The zero-order valence-electron chi connectivity index (χ0n) is 7.58. The summed E-state index contributed by atoms with van der Waals surface area (Å²) in [7, 11) is 0. The van der Waals surface area contributed by atoms with Gasteiger partial charge in [0.2, 0.25) is 0 Å². The molecule has 0 amide bonds. The van der Waals surface area contributed by atoms with Crippen LogP contribution >= 0.6 is 33.9 Å². The lowest BCUT2D eigenvalue weighted by Gasteiger charge is -2.04. The Hall–Kier alpha value is -0.490. The minimum Gasteiger partial charge on any atom is -0.506 e. The van der Waals surface area contributed by atoms with E-state index in [0.29, 0.717) is 12.4 Å². The van der Waals surface area contributed by atoms with E-state index in [4.69, 9.17) is 4.74 Å². The smallest absolute Gasteiger partial charge is 0.137 e. The fourth-order valence-corrected chi connectivity index (χ4v) is 3.17. The maximum Gasteiger partial charge on any atom is 0.137 e. The third-order valence-corrected chi connectivity index (χ3v) is 3.80. The molecule has 74 valence electrons. The van der Waals surface area contributed by atoms with Crippen molar-refractivity contribution in [1.82, 2.24) is 0 Å². The van der Waals surface area contributed by atoms with Gasteiger partial charge in [-0.2, -0.15) is 0 Å². The highest BCUT2D eigenvalue weighted by Crippen LogP contribution is 2.40. The Bertz CT molecular complexity index is 464. The fraction of sp³-hybridized carbons (Fsp3) is 0.200. The third-order valence-electron chi connectivity index (χ3n) is 1.92. The van der Waals surface area contributed by atoms with Crippen LogP contribution in [0.2, 0.25) is 0 Å². The molecule has 0 aliphatic rings. The van der Waals surface area contributed by atoms with Crippen LogP contribution in [-0.4, -0.2) is 11.7 Å². The highest BCUT2D eigenvalue weighted by Gasteiger charge is 2.11. The van der Waals surface area contributed by atoms with E-state index in [-0.39, 0.29) is 0 Å². The van der Waals surface area contributed by atoms with Gasteiger partial charge in [-0.25, -0.2) is 0 Å². The van der Waals surface area contributed by atoms with Crippen LogP contribution in [0.5, 0.6) is 11.5 Å². The summed E-state index contributed by atoms with van der Waals surface area (Å²) >= 11 is 3.73. The Balaban J connectivity index is 2.70. The molecule has 14 heavy (non-hydrogen) atoms. The number of aromatic hydroxyl groups is 1. The molecule has 2 rings (SSSR count).